The molecule has 0 atom stereocenters. The second-order valence-electron chi connectivity index (χ2n) is 11.1. The number of ether oxygens (including phenoxy) is 5. The molecular weight excluding hydrogens is 695 g/mol. The van der Waals surface area contributed by atoms with Crippen LogP contribution in [0.2, 0.25) is 0 Å². The number of carbonyl (C=O) groups excluding carboxylic acids is 1. The van der Waals surface area contributed by atoms with Crippen molar-refractivity contribution in [1.29, 1.82) is 0 Å². The standard InChI is InChI=1S/C33H37F9O6S/c1-4-7-8-9-21-10-13-25(26(18-21)46-32(38,39)40)28-19-23-11-12-24(20-27(23)49-28)44-16-14-30(34,35)47-33(41,42)48-31(36,37)15-17-45-29(43)22(5-2)6-3/h10-13,18-20,22H,4-9,14-17H2,1-3H3. The summed E-state index contributed by atoms with van der Waals surface area (Å²) in [6, 6.07) is 10.5. The molecule has 2 aromatic carbocycles. The predicted molar refractivity (Wildman–Crippen MR) is 164 cm³/mol. The van der Waals surface area contributed by atoms with E-state index in [1.807, 2.05) is 6.92 Å². The topological polar surface area (TPSA) is 63.2 Å². The number of thiophene rings is 1. The Morgan fingerprint density at radius 3 is 2.06 bits per heavy atom. The number of esters is 1. The van der Waals surface area contributed by atoms with E-state index in [2.05, 4.69) is 18.9 Å². The van der Waals surface area contributed by atoms with Gasteiger partial charge >= 0.3 is 30.8 Å². The maximum Gasteiger partial charge on any atom is 0.573 e. The summed E-state index contributed by atoms with van der Waals surface area (Å²) in [7, 11) is 0. The lowest BCUT2D eigenvalue weighted by atomic mass is 10.0. The molecule has 0 saturated carbocycles. The summed E-state index contributed by atoms with van der Waals surface area (Å²) in [4.78, 5) is 12.2. The average molecular weight is 733 g/mol. The molecule has 3 aromatic rings. The van der Waals surface area contributed by atoms with Crippen molar-refractivity contribution in [2.45, 2.75) is 97.0 Å². The Morgan fingerprint density at radius 2 is 1.45 bits per heavy atom. The summed E-state index contributed by atoms with van der Waals surface area (Å²) >= 11 is 1.08. The first-order valence-corrected chi connectivity index (χ1v) is 16.4. The molecule has 0 aliphatic carbocycles. The molecule has 274 valence electrons. The van der Waals surface area contributed by atoms with Gasteiger partial charge in [-0.2, -0.15) is 17.6 Å². The summed E-state index contributed by atoms with van der Waals surface area (Å²) in [5.74, 6) is -1.72. The quantitative estimate of drug-likeness (QED) is 0.0499. The minimum atomic E-state index is -5.42. The lowest BCUT2D eigenvalue weighted by Crippen LogP contribution is -2.41. The monoisotopic (exact) mass is 732 g/mol. The molecule has 0 aliphatic rings. The van der Waals surface area contributed by atoms with Crippen LogP contribution in [0, 0.1) is 5.92 Å². The second-order valence-corrected chi connectivity index (χ2v) is 12.2. The van der Waals surface area contributed by atoms with Gasteiger partial charge < -0.3 is 14.2 Å². The smallest absolute Gasteiger partial charge is 0.493 e. The van der Waals surface area contributed by atoms with Crippen molar-refractivity contribution in [1.82, 2.24) is 0 Å². The number of carbonyl (C=O) groups is 1. The van der Waals surface area contributed by atoms with Crippen LogP contribution in [0.3, 0.4) is 0 Å². The molecule has 0 aliphatic heterocycles. The fraction of sp³-hybridized carbons (Fsp3) is 0.545. The molecule has 0 radical (unpaired) electrons. The van der Waals surface area contributed by atoms with Gasteiger partial charge in [-0.1, -0.05) is 39.7 Å². The van der Waals surface area contributed by atoms with Crippen molar-refractivity contribution in [3.8, 4) is 21.9 Å². The van der Waals surface area contributed by atoms with Gasteiger partial charge in [-0.05, 0) is 73.0 Å². The molecule has 0 bridgehead atoms. The van der Waals surface area contributed by atoms with Crippen molar-refractivity contribution in [3.63, 3.8) is 0 Å². The number of benzene rings is 2. The van der Waals surface area contributed by atoms with Crippen molar-refractivity contribution < 1.29 is 68.0 Å². The lowest BCUT2D eigenvalue weighted by Gasteiger charge is -2.26. The van der Waals surface area contributed by atoms with E-state index in [-0.39, 0.29) is 17.1 Å². The molecule has 0 saturated heterocycles. The van der Waals surface area contributed by atoms with E-state index in [4.69, 9.17) is 4.74 Å². The van der Waals surface area contributed by atoms with E-state index < -0.39 is 62.8 Å². The normalized spacial score (nSPS) is 12.9. The van der Waals surface area contributed by atoms with Crippen LogP contribution in [0.4, 0.5) is 39.5 Å². The zero-order valence-electron chi connectivity index (χ0n) is 26.9. The molecule has 0 N–H and O–H groups in total. The van der Waals surface area contributed by atoms with Gasteiger partial charge in [0.15, 0.2) is 0 Å². The van der Waals surface area contributed by atoms with E-state index in [0.29, 0.717) is 39.8 Å². The molecule has 49 heavy (non-hydrogen) atoms. The second kappa shape index (κ2) is 17.1. The van der Waals surface area contributed by atoms with Crippen LogP contribution >= 0.6 is 11.3 Å². The summed E-state index contributed by atoms with van der Waals surface area (Å²) in [5.41, 5.74) is 0.871. The maximum absolute atomic E-state index is 14.2. The lowest BCUT2D eigenvalue weighted by molar-refractivity contribution is -0.514. The number of hydrogen-bond donors (Lipinski definition) is 0. The Morgan fingerprint density at radius 1 is 0.796 bits per heavy atom. The summed E-state index contributed by atoms with van der Waals surface area (Å²) < 4.78 is 145. The number of aryl methyl sites for hydroxylation is 1. The van der Waals surface area contributed by atoms with Crippen molar-refractivity contribution >= 4 is 27.4 Å². The molecule has 16 heteroatoms. The van der Waals surface area contributed by atoms with Crippen LogP contribution in [0.15, 0.2) is 42.5 Å². The summed E-state index contributed by atoms with van der Waals surface area (Å²) in [6.07, 6.45) is -18.7. The summed E-state index contributed by atoms with van der Waals surface area (Å²) in [6.45, 7) is 3.46. The molecule has 0 unspecified atom stereocenters. The van der Waals surface area contributed by atoms with Gasteiger partial charge in [-0.3, -0.25) is 4.79 Å². The van der Waals surface area contributed by atoms with Crippen LogP contribution in [-0.4, -0.2) is 44.1 Å². The van der Waals surface area contributed by atoms with E-state index in [1.54, 1.807) is 26.0 Å². The average Bonchev–Trinajstić information content (AvgIpc) is 3.39. The SMILES string of the molecule is CCCCCc1ccc(-c2cc3ccc(OCCC(F)(F)OC(F)(F)OC(F)(F)CCOC(=O)C(CC)CC)cc3s2)c(OC(F)(F)F)c1. The first-order chi connectivity index (χ1) is 22.9. The first-order valence-electron chi connectivity index (χ1n) is 15.6. The van der Waals surface area contributed by atoms with Crippen LogP contribution < -0.4 is 9.47 Å². The molecule has 6 nitrogen and oxygen atoms in total. The van der Waals surface area contributed by atoms with Gasteiger partial charge in [-0.15, -0.1) is 33.3 Å². The van der Waals surface area contributed by atoms with Gasteiger partial charge in [0, 0.05) is 15.1 Å². The highest BCUT2D eigenvalue weighted by Crippen LogP contribution is 2.42. The molecule has 1 heterocycles. The fourth-order valence-electron chi connectivity index (χ4n) is 4.72. The Labute approximate surface area is 281 Å². The third-order valence-electron chi connectivity index (χ3n) is 7.25. The number of halogens is 9. The highest BCUT2D eigenvalue weighted by atomic mass is 32.1. The number of hydrogen-bond acceptors (Lipinski definition) is 7. The molecule has 0 fully saturated rings. The fourth-order valence-corrected chi connectivity index (χ4v) is 5.84. The van der Waals surface area contributed by atoms with Crippen LogP contribution in [-0.2, 0) is 25.4 Å². The van der Waals surface area contributed by atoms with Gasteiger partial charge in [0.2, 0.25) is 0 Å². The number of fused-ring (bicyclic) bond motifs is 1. The Hall–Kier alpha value is -3.24. The highest BCUT2D eigenvalue weighted by Gasteiger charge is 2.52. The molecular formula is C33H37F9O6S. The third-order valence-corrected chi connectivity index (χ3v) is 8.38. The predicted octanol–water partition coefficient (Wildman–Crippen LogP) is 11.1. The van der Waals surface area contributed by atoms with Gasteiger partial charge in [0.1, 0.15) is 11.5 Å². The van der Waals surface area contributed by atoms with Gasteiger partial charge in [-0.25, -0.2) is 9.47 Å². The number of alkyl halides is 9. The number of rotatable bonds is 20. The Balaban J connectivity index is 1.60. The van der Waals surface area contributed by atoms with E-state index >= 15 is 0 Å². The molecule has 0 spiro atoms. The van der Waals surface area contributed by atoms with E-state index in [9.17, 15) is 44.3 Å². The Bertz CT molecular complexity index is 1510. The van der Waals surface area contributed by atoms with Crippen molar-refractivity contribution in [2.75, 3.05) is 13.2 Å². The molecule has 0 amide bonds. The maximum atomic E-state index is 14.2. The minimum Gasteiger partial charge on any atom is -0.493 e. The zero-order chi connectivity index (χ0) is 36.5. The van der Waals surface area contributed by atoms with Crippen LogP contribution in [0.5, 0.6) is 11.5 Å². The Kier molecular flexibility index (Phi) is 14.0. The zero-order valence-corrected chi connectivity index (χ0v) is 27.8. The highest BCUT2D eigenvalue weighted by molar-refractivity contribution is 7.22. The van der Waals surface area contributed by atoms with Gasteiger partial charge in [0.25, 0.3) is 0 Å². The van der Waals surface area contributed by atoms with Crippen molar-refractivity contribution in [3.05, 3.63) is 48.0 Å². The van der Waals surface area contributed by atoms with Crippen molar-refractivity contribution in [2.24, 2.45) is 5.92 Å². The third kappa shape index (κ3) is 13.2. The van der Waals surface area contributed by atoms with Gasteiger partial charge in [0.05, 0.1) is 32.0 Å². The van der Waals surface area contributed by atoms with Crippen LogP contribution in [0.1, 0.15) is 71.3 Å². The molecule has 1 aromatic heterocycles. The van der Waals surface area contributed by atoms with E-state index in [1.165, 1.54) is 30.3 Å². The minimum absolute atomic E-state index is 0.0206. The van der Waals surface area contributed by atoms with E-state index in [0.717, 1.165) is 30.6 Å². The summed E-state index contributed by atoms with van der Waals surface area (Å²) in [5, 5.41) is 0.592. The largest absolute Gasteiger partial charge is 0.573 e. The molecule has 3 rings (SSSR count). The first kappa shape index (κ1) is 40.2. The number of unbranched alkanes of at least 4 members (excludes halogenated alkanes) is 2. The van der Waals surface area contributed by atoms with Crippen LogP contribution in [0.25, 0.3) is 20.5 Å².